The molecule has 0 aromatic heterocycles. The van der Waals surface area contributed by atoms with E-state index in [9.17, 15) is 4.79 Å². The molecule has 0 saturated carbocycles. The van der Waals surface area contributed by atoms with Crippen molar-refractivity contribution in [2.45, 2.75) is 0 Å². The molecular formula is C6H13N3O. The molecule has 1 heterocycles. The summed E-state index contributed by atoms with van der Waals surface area (Å²) in [5, 5.41) is 4.53. The van der Waals surface area contributed by atoms with E-state index in [0.717, 1.165) is 26.2 Å². The molecule has 0 bridgehead atoms. The van der Waals surface area contributed by atoms with Gasteiger partial charge in [-0.25, -0.2) is 4.79 Å². The molecule has 1 fully saturated rings. The highest BCUT2D eigenvalue weighted by atomic mass is 16.2. The van der Waals surface area contributed by atoms with Crippen molar-refractivity contribution < 1.29 is 10.1 Å². The average Bonchev–Trinajstić information content (AvgIpc) is 2.05. The normalized spacial score (nSPS) is 19.1. The van der Waals surface area contributed by atoms with Crippen LogP contribution in [0.25, 0.3) is 0 Å². The molecule has 58 valence electrons. The van der Waals surface area contributed by atoms with Crippen LogP contribution >= 0.6 is 0 Å². The highest BCUT2D eigenvalue weighted by molar-refractivity contribution is 5.63. The maximum absolute atomic E-state index is 10.9. The summed E-state index contributed by atoms with van der Waals surface area (Å²) in [7, 11) is 3.42. The predicted octanol–water partition coefficient (Wildman–Crippen LogP) is -1.63. The van der Waals surface area contributed by atoms with Gasteiger partial charge >= 0.3 is 6.03 Å². The Balaban J connectivity index is 2.31. The number of piperazine rings is 1. The minimum absolute atomic E-state index is 0.0431. The monoisotopic (exact) mass is 143 g/mol. The van der Waals surface area contributed by atoms with E-state index in [2.05, 4.69) is 12.4 Å². The van der Waals surface area contributed by atoms with Gasteiger partial charge in [-0.3, -0.25) is 4.90 Å². The van der Waals surface area contributed by atoms with Gasteiger partial charge in [-0.2, -0.15) is 0 Å². The molecular weight excluding hydrogens is 130 g/mol. The third-order valence-electron chi connectivity index (χ3n) is 1.60. The summed E-state index contributed by atoms with van der Waals surface area (Å²) >= 11 is 0. The summed E-state index contributed by atoms with van der Waals surface area (Å²) in [6.45, 7) is 3.43. The van der Waals surface area contributed by atoms with Crippen molar-refractivity contribution in [1.29, 1.82) is 0 Å². The van der Waals surface area contributed by atoms with Gasteiger partial charge in [-0.1, -0.05) is 0 Å². The van der Waals surface area contributed by atoms with Crippen molar-refractivity contribution in [2.24, 2.45) is 0 Å². The second-order valence-electron chi connectivity index (χ2n) is 2.28. The van der Waals surface area contributed by atoms with Crippen molar-refractivity contribution in [2.75, 3.05) is 26.2 Å². The smallest absolute Gasteiger partial charge is 0.389 e. The van der Waals surface area contributed by atoms with Crippen molar-refractivity contribution in [3.8, 4) is 0 Å². The molecule has 0 spiro atoms. The third kappa shape index (κ3) is 1.68. The van der Waals surface area contributed by atoms with Gasteiger partial charge in [0, 0.05) is 26.2 Å². The van der Waals surface area contributed by atoms with E-state index >= 15 is 0 Å². The van der Waals surface area contributed by atoms with Crippen LogP contribution in [0.3, 0.4) is 0 Å². The van der Waals surface area contributed by atoms with E-state index in [1.54, 1.807) is 4.90 Å². The van der Waals surface area contributed by atoms with Gasteiger partial charge in [-0.05, 0) is 0 Å². The number of urea groups is 1. The fourth-order valence-corrected chi connectivity index (χ4v) is 1.01. The Kier molecular flexibility index (Phi) is 2.65. The third-order valence-corrected chi connectivity index (χ3v) is 1.60. The molecule has 0 atom stereocenters. The van der Waals surface area contributed by atoms with Crippen LogP contribution in [0.1, 0.15) is 0 Å². The number of primary amides is 1. The molecule has 0 radical (unpaired) electrons. The quantitative estimate of drug-likeness (QED) is 0.400. The molecule has 1 aliphatic rings. The SMILES string of the molecule is [CH2-][NH2+]C(=O)N1CCNCC1. The van der Waals surface area contributed by atoms with Crippen LogP contribution in [0.4, 0.5) is 4.79 Å². The Bertz CT molecular complexity index is 120. The van der Waals surface area contributed by atoms with Crippen LogP contribution < -0.4 is 10.6 Å². The minimum Gasteiger partial charge on any atom is -0.395 e. The predicted molar refractivity (Wildman–Crippen MR) is 37.1 cm³/mol. The molecule has 1 rings (SSSR count). The Morgan fingerprint density at radius 1 is 1.50 bits per heavy atom. The second-order valence-corrected chi connectivity index (χ2v) is 2.28. The van der Waals surface area contributed by atoms with Crippen LogP contribution in [0.2, 0.25) is 0 Å². The largest absolute Gasteiger partial charge is 0.395 e. The fraction of sp³-hybridized carbons (Fsp3) is 0.667. The number of hydrogen-bond acceptors (Lipinski definition) is 2. The van der Waals surface area contributed by atoms with Gasteiger partial charge < -0.3 is 10.6 Å². The van der Waals surface area contributed by atoms with Crippen LogP contribution in [-0.2, 0) is 0 Å². The van der Waals surface area contributed by atoms with Gasteiger partial charge in [0.05, 0.1) is 0 Å². The summed E-state index contributed by atoms with van der Waals surface area (Å²) in [5.74, 6) is 0. The van der Waals surface area contributed by atoms with E-state index in [-0.39, 0.29) is 6.03 Å². The van der Waals surface area contributed by atoms with E-state index < -0.39 is 0 Å². The summed E-state index contributed by atoms with van der Waals surface area (Å²) in [6, 6.07) is 0.0431. The number of hydrogen-bond donors (Lipinski definition) is 2. The Hall–Kier alpha value is -0.610. The van der Waals surface area contributed by atoms with Crippen LogP contribution in [0, 0.1) is 7.05 Å². The van der Waals surface area contributed by atoms with E-state index in [0.29, 0.717) is 0 Å². The molecule has 4 heteroatoms. The van der Waals surface area contributed by atoms with E-state index in [4.69, 9.17) is 0 Å². The Morgan fingerprint density at radius 2 is 2.10 bits per heavy atom. The van der Waals surface area contributed by atoms with E-state index in [1.807, 2.05) is 0 Å². The molecule has 0 aliphatic carbocycles. The lowest BCUT2D eigenvalue weighted by Crippen LogP contribution is -2.85. The molecule has 1 aliphatic heterocycles. The molecule has 0 aromatic carbocycles. The summed E-state index contributed by atoms with van der Waals surface area (Å²) in [6.07, 6.45) is 0. The highest BCUT2D eigenvalue weighted by Gasteiger charge is 2.15. The van der Waals surface area contributed by atoms with Crippen LogP contribution in [-0.4, -0.2) is 37.1 Å². The highest BCUT2D eigenvalue weighted by Crippen LogP contribution is 1.88. The van der Waals surface area contributed by atoms with Crippen molar-refractivity contribution >= 4 is 6.03 Å². The van der Waals surface area contributed by atoms with E-state index in [1.165, 1.54) is 5.32 Å². The zero-order chi connectivity index (χ0) is 7.40. The van der Waals surface area contributed by atoms with Crippen molar-refractivity contribution in [3.63, 3.8) is 0 Å². The molecule has 0 aromatic rings. The Labute approximate surface area is 60.6 Å². The van der Waals surface area contributed by atoms with Gasteiger partial charge in [0.2, 0.25) is 0 Å². The zero-order valence-electron chi connectivity index (χ0n) is 5.97. The van der Waals surface area contributed by atoms with Gasteiger partial charge in [0.1, 0.15) is 0 Å². The zero-order valence-corrected chi connectivity index (χ0v) is 5.97. The maximum Gasteiger partial charge on any atom is 0.389 e. The number of rotatable bonds is 0. The maximum atomic E-state index is 10.9. The molecule has 4 nitrogen and oxygen atoms in total. The van der Waals surface area contributed by atoms with Crippen molar-refractivity contribution in [3.05, 3.63) is 7.05 Å². The fourth-order valence-electron chi connectivity index (χ4n) is 1.01. The van der Waals surface area contributed by atoms with Gasteiger partial charge in [0.25, 0.3) is 0 Å². The van der Waals surface area contributed by atoms with Crippen LogP contribution in [0.5, 0.6) is 0 Å². The standard InChI is InChI=1S/C6H13N3O/c1-7-6(10)9-4-2-8-3-5-9/h8H,1-5,7H2. The van der Waals surface area contributed by atoms with Gasteiger partial charge in [-0.15, -0.1) is 7.05 Å². The average molecular weight is 143 g/mol. The molecule has 2 amide bonds. The first-order chi connectivity index (χ1) is 4.84. The summed E-state index contributed by atoms with van der Waals surface area (Å²) in [4.78, 5) is 12.7. The van der Waals surface area contributed by atoms with Crippen LogP contribution in [0.15, 0.2) is 0 Å². The number of quaternary nitrogens is 1. The molecule has 0 unspecified atom stereocenters. The number of carbonyl (C=O) groups excluding carboxylic acids is 1. The minimum atomic E-state index is 0.0431. The number of nitrogens with one attached hydrogen (secondary N) is 1. The molecule has 3 N–H and O–H groups in total. The van der Waals surface area contributed by atoms with Crippen molar-refractivity contribution in [1.82, 2.24) is 10.2 Å². The first-order valence-corrected chi connectivity index (χ1v) is 3.46. The number of carbonyl (C=O) groups is 1. The lowest BCUT2D eigenvalue weighted by Gasteiger charge is -2.25. The molecule has 10 heavy (non-hydrogen) atoms. The number of nitrogens with zero attached hydrogens (tertiary/aromatic N) is 1. The lowest BCUT2D eigenvalue weighted by atomic mass is 10.4. The molecule has 1 saturated heterocycles. The topological polar surface area (TPSA) is 49.0 Å². The Morgan fingerprint density at radius 3 is 2.60 bits per heavy atom. The summed E-state index contributed by atoms with van der Waals surface area (Å²) < 4.78 is 0. The summed E-state index contributed by atoms with van der Waals surface area (Å²) in [5.41, 5.74) is 0. The number of nitrogens with two attached hydrogens (primary N) is 1. The number of amides is 2. The second kappa shape index (κ2) is 3.53. The first kappa shape index (κ1) is 7.50. The van der Waals surface area contributed by atoms with Gasteiger partial charge in [0.15, 0.2) is 0 Å². The first-order valence-electron chi connectivity index (χ1n) is 3.46. The lowest BCUT2D eigenvalue weighted by molar-refractivity contribution is -0.498.